The van der Waals surface area contributed by atoms with Crippen molar-refractivity contribution in [3.8, 4) is 0 Å². The van der Waals surface area contributed by atoms with E-state index in [-0.39, 0.29) is 0 Å². The number of hydrogen-bond donors (Lipinski definition) is 1. The maximum Gasteiger partial charge on any atom is 0.115 e. The van der Waals surface area contributed by atoms with Gasteiger partial charge >= 0.3 is 0 Å². The molecule has 0 radical (unpaired) electrons. The van der Waals surface area contributed by atoms with E-state index in [1.54, 1.807) is 11.3 Å². The van der Waals surface area contributed by atoms with E-state index in [1.807, 2.05) is 16.9 Å². The molecule has 0 fully saturated rings. The van der Waals surface area contributed by atoms with Crippen LogP contribution in [0, 0.1) is 6.92 Å². The van der Waals surface area contributed by atoms with Gasteiger partial charge in [0.15, 0.2) is 0 Å². The van der Waals surface area contributed by atoms with Crippen LogP contribution >= 0.6 is 11.3 Å². The van der Waals surface area contributed by atoms with Gasteiger partial charge in [0.05, 0.1) is 23.0 Å². The van der Waals surface area contributed by atoms with Crippen molar-refractivity contribution >= 4 is 21.6 Å². The Labute approximate surface area is 128 Å². The van der Waals surface area contributed by atoms with E-state index in [9.17, 15) is 0 Å². The van der Waals surface area contributed by atoms with Crippen LogP contribution in [0.25, 0.3) is 10.2 Å². The summed E-state index contributed by atoms with van der Waals surface area (Å²) in [5, 5.41) is 9.03. The first kappa shape index (κ1) is 14.2. The normalized spacial score (nSPS) is 11.3. The number of aromatic nitrogens is 3. The lowest BCUT2D eigenvalue weighted by Crippen LogP contribution is -2.14. The van der Waals surface area contributed by atoms with Crippen LogP contribution < -0.4 is 5.32 Å². The molecule has 3 rings (SSSR count). The topological polar surface area (TPSA) is 42.7 Å². The zero-order valence-electron chi connectivity index (χ0n) is 12.5. The molecule has 0 saturated heterocycles. The molecule has 1 N–H and O–H groups in total. The van der Waals surface area contributed by atoms with Crippen LogP contribution in [0.2, 0.25) is 0 Å². The molecule has 0 spiro atoms. The first-order chi connectivity index (χ1) is 10.3. The summed E-state index contributed by atoms with van der Waals surface area (Å²) in [4.78, 5) is 4.68. The number of para-hydroxylation sites is 1. The highest BCUT2D eigenvalue weighted by atomic mass is 32.1. The molecule has 0 aliphatic heterocycles. The zero-order chi connectivity index (χ0) is 14.7. The van der Waals surface area contributed by atoms with Gasteiger partial charge in [-0.15, -0.1) is 11.3 Å². The van der Waals surface area contributed by atoms with Crippen LogP contribution in [0.15, 0.2) is 30.5 Å². The second-order valence-corrected chi connectivity index (χ2v) is 6.28. The molecule has 0 unspecified atom stereocenters. The Morgan fingerprint density at radius 2 is 2.14 bits per heavy atom. The van der Waals surface area contributed by atoms with E-state index in [2.05, 4.69) is 47.4 Å². The average Bonchev–Trinajstić information content (AvgIpc) is 3.05. The van der Waals surface area contributed by atoms with Crippen molar-refractivity contribution < 1.29 is 0 Å². The largest absolute Gasteiger partial charge is 0.313 e. The van der Waals surface area contributed by atoms with E-state index in [1.165, 1.54) is 16.0 Å². The molecular weight excluding hydrogens is 280 g/mol. The molecule has 5 heteroatoms. The van der Waals surface area contributed by atoms with Gasteiger partial charge < -0.3 is 5.32 Å². The summed E-state index contributed by atoms with van der Waals surface area (Å²) in [6.07, 6.45) is 3.12. The van der Waals surface area contributed by atoms with Crippen LogP contribution in [0.3, 0.4) is 0 Å². The molecule has 0 bridgehead atoms. The number of thiazole rings is 1. The average molecular weight is 300 g/mol. The Bertz CT molecular complexity index is 696. The molecule has 2 aromatic heterocycles. The van der Waals surface area contributed by atoms with Crippen LogP contribution in [-0.4, -0.2) is 21.3 Å². The lowest BCUT2D eigenvalue weighted by molar-refractivity contribution is 0.650. The van der Waals surface area contributed by atoms with Crippen molar-refractivity contribution in [2.75, 3.05) is 6.54 Å². The van der Waals surface area contributed by atoms with Crippen LogP contribution in [0.4, 0.5) is 0 Å². The molecular formula is C16H20N4S. The Morgan fingerprint density at radius 3 is 2.95 bits per heavy atom. The Kier molecular flexibility index (Phi) is 4.31. The van der Waals surface area contributed by atoms with E-state index in [4.69, 9.17) is 0 Å². The van der Waals surface area contributed by atoms with Gasteiger partial charge in [-0.25, -0.2) is 4.98 Å². The fourth-order valence-electron chi connectivity index (χ4n) is 2.33. The summed E-state index contributed by atoms with van der Waals surface area (Å²) in [6.45, 7) is 6.99. The van der Waals surface area contributed by atoms with Gasteiger partial charge in [-0.3, -0.25) is 4.68 Å². The highest BCUT2D eigenvalue weighted by molar-refractivity contribution is 7.18. The monoisotopic (exact) mass is 300 g/mol. The standard InChI is InChI=1S/C16H20N4S/c1-3-8-17-9-13-10-18-20(12(13)2)11-16-19-14-6-4-5-7-15(14)21-16/h4-7,10,17H,3,8-9,11H2,1-2H3. The summed E-state index contributed by atoms with van der Waals surface area (Å²) in [5.74, 6) is 0. The molecule has 0 amide bonds. The van der Waals surface area contributed by atoms with Gasteiger partial charge in [0.1, 0.15) is 5.01 Å². The Balaban J connectivity index is 1.75. The molecule has 4 nitrogen and oxygen atoms in total. The molecule has 1 aromatic carbocycles. The van der Waals surface area contributed by atoms with Crippen molar-refractivity contribution in [2.45, 2.75) is 33.4 Å². The fraction of sp³-hybridized carbons (Fsp3) is 0.375. The van der Waals surface area contributed by atoms with Gasteiger partial charge in [0.2, 0.25) is 0 Å². The maximum absolute atomic E-state index is 4.68. The first-order valence-corrected chi connectivity index (χ1v) is 8.16. The smallest absolute Gasteiger partial charge is 0.115 e. The van der Waals surface area contributed by atoms with E-state index >= 15 is 0 Å². The third kappa shape index (κ3) is 3.14. The Morgan fingerprint density at radius 1 is 1.29 bits per heavy atom. The molecule has 3 aromatic rings. The highest BCUT2D eigenvalue weighted by Gasteiger charge is 2.09. The minimum absolute atomic E-state index is 0.749. The molecule has 0 atom stereocenters. The fourth-order valence-corrected chi connectivity index (χ4v) is 3.28. The van der Waals surface area contributed by atoms with Gasteiger partial charge in [-0.05, 0) is 32.0 Å². The van der Waals surface area contributed by atoms with Crippen molar-refractivity contribution in [1.82, 2.24) is 20.1 Å². The summed E-state index contributed by atoms with van der Waals surface area (Å²) in [5.41, 5.74) is 3.56. The molecule has 21 heavy (non-hydrogen) atoms. The number of hydrogen-bond acceptors (Lipinski definition) is 4. The predicted molar refractivity (Wildman–Crippen MR) is 87.7 cm³/mol. The minimum Gasteiger partial charge on any atom is -0.313 e. The van der Waals surface area contributed by atoms with E-state index in [0.717, 1.165) is 36.6 Å². The third-order valence-electron chi connectivity index (χ3n) is 3.57. The predicted octanol–water partition coefficient (Wildman–Crippen LogP) is 3.35. The summed E-state index contributed by atoms with van der Waals surface area (Å²) >= 11 is 1.74. The number of nitrogens with zero attached hydrogens (tertiary/aromatic N) is 3. The SMILES string of the molecule is CCCNCc1cnn(Cc2nc3ccccc3s2)c1C. The summed E-state index contributed by atoms with van der Waals surface area (Å²) in [7, 11) is 0. The summed E-state index contributed by atoms with van der Waals surface area (Å²) in [6, 6.07) is 8.27. The minimum atomic E-state index is 0.749. The zero-order valence-corrected chi connectivity index (χ0v) is 13.3. The molecule has 110 valence electrons. The van der Waals surface area contributed by atoms with E-state index < -0.39 is 0 Å². The second-order valence-electron chi connectivity index (χ2n) is 5.16. The molecule has 0 saturated carbocycles. The van der Waals surface area contributed by atoms with Gasteiger partial charge in [0, 0.05) is 17.8 Å². The molecule has 0 aliphatic rings. The molecule has 0 aliphatic carbocycles. The van der Waals surface area contributed by atoms with Crippen molar-refractivity contribution in [3.05, 3.63) is 46.7 Å². The van der Waals surface area contributed by atoms with Crippen molar-refractivity contribution in [1.29, 1.82) is 0 Å². The Hall–Kier alpha value is -1.72. The lowest BCUT2D eigenvalue weighted by atomic mass is 10.2. The van der Waals surface area contributed by atoms with Crippen molar-refractivity contribution in [3.63, 3.8) is 0 Å². The summed E-state index contributed by atoms with van der Waals surface area (Å²) < 4.78 is 3.28. The molecule has 2 heterocycles. The lowest BCUT2D eigenvalue weighted by Gasteiger charge is -2.04. The van der Waals surface area contributed by atoms with Crippen LogP contribution in [0.1, 0.15) is 29.6 Å². The number of nitrogens with one attached hydrogen (secondary N) is 1. The maximum atomic E-state index is 4.68. The van der Waals surface area contributed by atoms with E-state index in [0.29, 0.717) is 0 Å². The second kappa shape index (κ2) is 6.37. The van der Waals surface area contributed by atoms with Gasteiger partial charge in [-0.2, -0.15) is 5.10 Å². The quantitative estimate of drug-likeness (QED) is 0.710. The van der Waals surface area contributed by atoms with Gasteiger partial charge in [-0.1, -0.05) is 19.1 Å². The number of rotatable bonds is 6. The number of benzene rings is 1. The highest BCUT2D eigenvalue weighted by Crippen LogP contribution is 2.22. The van der Waals surface area contributed by atoms with Crippen molar-refractivity contribution in [2.24, 2.45) is 0 Å². The first-order valence-electron chi connectivity index (χ1n) is 7.34. The van der Waals surface area contributed by atoms with Gasteiger partial charge in [0.25, 0.3) is 0 Å². The van der Waals surface area contributed by atoms with Crippen LogP contribution in [-0.2, 0) is 13.1 Å². The number of fused-ring (bicyclic) bond motifs is 1. The third-order valence-corrected chi connectivity index (χ3v) is 4.59. The van der Waals surface area contributed by atoms with Crippen LogP contribution in [0.5, 0.6) is 0 Å².